The maximum absolute atomic E-state index is 9.71. The van der Waals surface area contributed by atoms with Crippen LogP contribution in [0.3, 0.4) is 0 Å². The predicted octanol–water partition coefficient (Wildman–Crippen LogP) is 9.80. The molecule has 1 N–H and O–H groups in total. The van der Waals surface area contributed by atoms with Gasteiger partial charge in [-0.3, -0.25) is 0 Å². The number of nitriles is 1. The van der Waals surface area contributed by atoms with Gasteiger partial charge in [0.05, 0.1) is 23.9 Å². The van der Waals surface area contributed by atoms with Crippen LogP contribution in [0.25, 0.3) is 10.4 Å². The summed E-state index contributed by atoms with van der Waals surface area (Å²) in [6.45, 7) is 37.3. The van der Waals surface area contributed by atoms with Crippen LogP contribution >= 0.6 is 0 Å². The molecule has 0 amide bonds. The molecule has 0 spiro atoms. The third-order valence-corrected chi connectivity index (χ3v) is 8.82. The summed E-state index contributed by atoms with van der Waals surface area (Å²) in [5.74, 6) is 0.570. The van der Waals surface area contributed by atoms with Gasteiger partial charge in [-0.25, -0.2) is 14.8 Å². The van der Waals surface area contributed by atoms with Crippen molar-refractivity contribution in [1.29, 1.82) is 5.26 Å². The quantitative estimate of drug-likeness (QED) is 0.315. The van der Waals surface area contributed by atoms with E-state index in [1.54, 1.807) is 0 Å². The molecular weight excluding hydrogens is 514 g/mol. The maximum Gasteiger partial charge on any atom is 0.227 e. The Labute approximate surface area is 254 Å². The second-order valence-corrected chi connectivity index (χ2v) is 13.7. The molecule has 220 valence electrons. The summed E-state index contributed by atoms with van der Waals surface area (Å²) in [5, 5.41) is 13.2. The van der Waals surface area contributed by atoms with E-state index in [0.29, 0.717) is 12.4 Å². The third-order valence-electron chi connectivity index (χ3n) is 8.82. The van der Waals surface area contributed by atoms with E-state index in [4.69, 9.17) is 16.5 Å². The highest BCUT2D eigenvalue weighted by atomic mass is 15.1. The van der Waals surface area contributed by atoms with Crippen molar-refractivity contribution in [2.45, 2.75) is 114 Å². The van der Waals surface area contributed by atoms with E-state index in [1.807, 2.05) is 48.5 Å². The number of aromatic nitrogens is 2. The molecule has 2 aromatic carbocycles. The van der Waals surface area contributed by atoms with Crippen molar-refractivity contribution in [2.24, 2.45) is 0 Å². The SMILES string of the molecule is [C-]#[N+]/C(C)=C(\C)c1cc(C(C)(C)C)c(Cc2nc(Nc3c(C)c(C)c(C#N)c(C)c3C)nc(C)c2C)c(C(C)(C)C)c1. The van der Waals surface area contributed by atoms with Gasteiger partial charge in [0.2, 0.25) is 5.95 Å². The lowest BCUT2D eigenvalue weighted by atomic mass is 9.73. The van der Waals surface area contributed by atoms with Gasteiger partial charge in [-0.2, -0.15) is 5.26 Å². The van der Waals surface area contributed by atoms with Gasteiger partial charge in [-0.1, -0.05) is 53.7 Å². The van der Waals surface area contributed by atoms with Crippen LogP contribution in [0.5, 0.6) is 0 Å². The Bertz CT molecular complexity index is 1610. The number of aryl methyl sites for hydroxylation is 1. The molecule has 1 aromatic heterocycles. The first-order valence-corrected chi connectivity index (χ1v) is 14.7. The number of nitrogens with one attached hydrogen (secondary N) is 1. The summed E-state index contributed by atoms with van der Waals surface area (Å²) in [5.41, 5.74) is 15.2. The molecule has 3 aromatic rings. The summed E-state index contributed by atoms with van der Waals surface area (Å²) >= 11 is 0. The fraction of sp³-hybridized carbons (Fsp3) is 0.459. The largest absolute Gasteiger partial charge is 0.324 e. The van der Waals surface area contributed by atoms with Crippen LogP contribution in [0, 0.1) is 59.4 Å². The molecule has 0 unspecified atom stereocenters. The molecule has 0 atom stereocenters. The molecule has 42 heavy (non-hydrogen) atoms. The highest BCUT2D eigenvalue weighted by Gasteiger charge is 2.28. The summed E-state index contributed by atoms with van der Waals surface area (Å²) < 4.78 is 0. The number of hydrogen-bond acceptors (Lipinski definition) is 4. The lowest BCUT2D eigenvalue weighted by Gasteiger charge is -2.32. The van der Waals surface area contributed by atoms with E-state index >= 15 is 0 Å². The van der Waals surface area contributed by atoms with Gasteiger partial charge in [0.1, 0.15) is 0 Å². The molecule has 1 heterocycles. The van der Waals surface area contributed by atoms with E-state index in [9.17, 15) is 5.26 Å². The van der Waals surface area contributed by atoms with Gasteiger partial charge in [0.15, 0.2) is 5.70 Å². The van der Waals surface area contributed by atoms with Gasteiger partial charge >= 0.3 is 0 Å². The monoisotopic (exact) mass is 561 g/mol. The second kappa shape index (κ2) is 11.7. The highest BCUT2D eigenvalue weighted by molar-refractivity contribution is 5.72. The number of allylic oxidation sites excluding steroid dienone is 2. The van der Waals surface area contributed by atoms with Crippen LogP contribution < -0.4 is 5.32 Å². The summed E-state index contributed by atoms with van der Waals surface area (Å²) in [6.07, 6.45) is 0.678. The molecule has 5 nitrogen and oxygen atoms in total. The van der Waals surface area contributed by atoms with E-state index in [1.165, 1.54) is 16.7 Å². The standard InChI is InChI=1S/C37H47N5/c1-20-22(3)34(23(4)21(2)30(20)19-38)42-35-40-27(8)25(6)33(41-35)18-29-31(36(9,10)11)16-28(24(5)26(7)39-15)17-32(29)37(12,13)14/h16-17H,18H2,1-14H3,(H,40,41,42)/b26-24+. The van der Waals surface area contributed by atoms with Crippen molar-refractivity contribution in [3.05, 3.63) is 96.3 Å². The van der Waals surface area contributed by atoms with Gasteiger partial charge in [0.25, 0.3) is 0 Å². The van der Waals surface area contributed by atoms with E-state index < -0.39 is 0 Å². The Hall–Kier alpha value is -3.96. The molecule has 0 saturated carbocycles. The lowest BCUT2D eigenvalue weighted by Crippen LogP contribution is -2.22. The number of anilines is 2. The Balaban J connectivity index is 2.27. The van der Waals surface area contributed by atoms with Crippen molar-refractivity contribution in [3.63, 3.8) is 0 Å². The van der Waals surface area contributed by atoms with Crippen molar-refractivity contribution < 1.29 is 0 Å². The van der Waals surface area contributed by atoms with Crippen LogP contribution in [0.2, 0.25) is 0 Å². The fourth-order valence-electron chi connectivity index (χ4n) is 5.57. The molecular formula is C37H47N5. The van der Waals surface area contributed by atoms with E-state index in [0.717, 1.165) is 67.3 Å². The number of nitrogens with zero attached hydrogens (tertiary/aromatic N) is 4. The zero-order valence-corrected chi connectivity index (χ0v) is 28.2. The topological polar surface area (TPSA) is 66.0 Å². The zero-order valence-electron chi connectivity index (χ0n) is 28.2. The fourth-order valence-corrected chi connectivity index (χ4v) is 5.57. The molecule has 0 aliphatic carbocycles. The summed E-state index contributed by atoms with van der Waals surface area (Å²) in [4.78, 5) is 13.7. The van der Waals surface area contributed by atoms with E-state index in [-0.39, 0.29) is 10.8 Å². The van der Waals surface area contributed by atoms with Crippen molar-refractivity contribution in [3.8, 4) is 6.07 Å². The molecule has 0 bridgehead atoms. The number of rotatable bonds is 5. The molecule has 0 aliphatic heterocycles. The zero-order chi connectivity index (χ0) is 31.9. The molecule has 0 radical (unpaired) electrons. The molecule has 0 saturated heterocycles. The Morgan fingerprint density at radius 3 is 1.76 bits per heavy atom. The van der Waals surface area contributed by atoms with Crippen LogP contribution in [0.15, 0.2) is 17.8 Å². The van der Waals surface area contributed by atoms with Crippen molar-refractivity contribution in [2.75, 3.05) is 5.32 Å². The first-order chi connectivity index (χ1) is 19.3. The average molecular weight is 562 g/mol. The molecule has 0 fully saturated rings. The molecule has 0 aliphatic rings. The maximum atomic E-state index is 9.71. The average Bonchev–Trinajstić information content (AvgIpc) is 2.90. The minimum atomic E-state index is -0.111. The molecule has 5 heteroatoms. The minimum absolute atomic E-state index is 0.111. The van der Waals surface area contributed by atoms with Crippen LogP contribution in [0.4, 0.5) is 11.6 Å². The number of benzene rings is 2. The van der Waals surface area contributed by atoms with Crippen molar-refractivity contribution >= 4 is 17.2 Å². The number of hydrogen-bond donors (Lipinski definition) is 1. The summed E-state index contributed by atoms with van der Waals surface area (Å²) in [7, 11) is 0. The van der Waals surface area contributed by atoms with Gasteiger partial charge < -0.3 is 5.32 Å². The smallest absolute Gasteiger partial charge is 0.227 e. The normalized spacial score (nSPS) is 12.5. The van der Waals surface area contributed by atoms with Gasteiger partial charge in [0, 0.05) is 17.8 Å². The van der Waals surface area contributed by atoms with Crippen molar-refractivity contribution in [1.82, 2.24) is 9.97 Å². The first-order valence-electron chi connectivity index (χ1n) is 14.7. The Kier molecular flexibility index (Phi) is 9.09. The summed E-state index contributed by atoms with van der Waals surface area (Å²) in [6, 6.07) is 6.94. The second-order valence-electron chi connectivity index (χ2n) is 13.7. The third kappa shape index (κ3) is 6.27. The first kappa shape index (κ1) is 32.6. The minimum Gasteiger partial charge on any atom is -0.324 e. The predicted molar refractivity (Wildman–Crippen MR) is 176 cm³/mol. The van der Waals surface area contributed by atoms with Gasteiger partial charge in [-0.05, 0) is 122 Å². The van der Waals surface area contributed by atoms with Gasteiger partial charge in [-0.15, -0.1) is 0 Å². The lowest BCUT2D eigenvalue weighted by molar-refractivity contribution is 0.556. The Morgan fingerprint density at radius 1 is 0.833 bits per heavy atom. The van der Waals surface area contributed by atoms with Crippen LogP contribution in [-0.2, 0) is 17.3 Å². The Morgan fingerprint density at radius 2 is 1.33 bits per heavy atom. The van der Waals surface area contributed by atoms with Crippen LogP contribution in [0.1, 0.15) is 122 Å². The highest BCUT2D eigenvalue weighted by Crippen LogP contribution is 2.39. The van der Waals surface area contributed by atoms with E-state index in [2.05, 4.69) is 76.8 Å². The molecule has 3 rings (SSSR count). The van der Waals surface area contributed by atoms with Crippen LogP contribution in [-0.4, -0.2) is 9.97 Å².